The number of rotatable bonds is 7. The summed E-state index contributed by atoms with van der Waals surface area (Å²) in [5, 5.41) is 3.49. The number of pyridine rings is 1. The summed E-state index contributed by atoms with van der Waals surface area (Å²) in [4.78, 5) is 4.25. The van der Waals surface area contributed by atoms with Crippen LogP contribution in [0.25, 0.3) is 0 Å². The van der Waals surface area contributed by atoms with Gasteiger partial charge in [-0.3, -0.25) is 0 Å². The first-order valence-electron chi connectivity index (χ1n) is 7.42. The van der Waals surface area contributed by atoms with E-state index in [0.717, 1.165) is 18.0 Å². The number of hydrogen-bond acceptors (Lipinski definition) is 4. The third-order valence-electron chi connectivity index (χ3n) is 3.33. The quantitative estimate of drug-likeness (QED) is 0.844. The Kier molecular flexibility index (Phi) is 4.36. The maximum absolute atomic E-state index is 5.78. The average molecular weight is 284 g/mol. The molecule has 4 heteroatoms. The molecule has 0 amide bonds. The van der Waals surface area contributed by atoms with E-state index in [4.69, 9.17) is 9.47 Å². The van der Waals surface area contributed by atoms with E-state index < -0.39 is 0 Å². The monoisotopic (exact) mass is 284 g/mol. The van der Waals surface area contributed by atoms with Gasteiger partial charge in [-0.2, -0.15) is 0 Å². The van der Waals surface area contributed by atoms with Gasteiger partial charge in [0.05, 0.1) is 6.61 Å². The minimum absolute atomic E-state index is 0.620. The summed E-state index contributed by atoms with van der Waals surface area (Å²) >= 11 is 0. The summed E-state index contributed by atoms with van der Waals surface area (Å²) in [6, 6.07) is 12.3. The molecule has 0 saturated heterocycles. The summed E-state index contributed by atoms with van der Waals surface area (Å²) in [6.45, 7) is 3.50. The lowest BCUT2D eigenvalue weighted by molar-refractivity contribution is 0.339. The summed E-state index contributed by atoms with van der Waals surface area (Å²) < 4.78 is 11.2. The number of nitrogens with zero attached hydrogens (tertiary/aromatic N) is 1. The molecular formula is C17H20N2O2. The van der Waals surface area contributed by atoms with Crippen molar-refractivity contribution in [2.75, 3.05) is 6.61 Å². The van der Waals surface area contributed by atoms with Crippen LogP contribution in [0.5, 0.6) is 17.4 Å². The van der Waals surface area contributed by atoms with Crippen LogP contribution < -0.4 is 14.8 Å². The molecule has 3 rings (SSSR count). The third kappa shape index (κ3) is 4.20. The smallest absolute Gasteiger partial charge is 0.219 e. The molecule has 0 aliphatic heterocycles. The van der Waals surface area contributed by atoms with Gasteiger partial charge in [0.25, 0.3) is 0 Å². The zero-order valence-electron chi connectivity index (χ0n) is 12.2. The highest BCUT2D eigenvalue weighted by molar-refractivity contribution is 5.34. The molecule has 1 saturated carbocycles. The third-order valence-corrected chi connectivity index (χ3v) is 3.33. The maximum Gasteiger partial charge on any atom is 0.219 e. The molecule has 1 N–H and O–H groups in total. The van der Waals surface area contributed by atoms with Crippen molar-refractivity contribution in [3.05, 3.63) is 48.2 Å². The molecule has 1 fully saturated rings. The Morgan fingerprint density at radius 1 is 1.14 bits per heavy atom. The first kappa shape index (κ1) is 13.9. The number of hydrogen-bond donors (Lipinski definition) is 1. The van der Waals surface area contributed by atoms with Crippen LogP contribution in [0.15, 0.2) is 42.6 Å². The molecule has 1 aliphatic carbocycles. The van der Waals surface area contributed by atoms with Crippen molar-refractivity contribution in [3.63, 3.8) is 0 Å². The molecule has 1 aromatic heterocycles. The SMILES string of the molecule is CCOc1ccc(Oc2cc(CNC3CC3)ccn2)cc1. The minimum Gasteiger partial charge on any atom is -0.494 e. The Morgan fingerprint density at radius 2 is 1.90 bits per heavy atom. The number of aromatic nitrogens is 1. The summed E-state index contributed by atoms with van der Waals surface area (Å²) in [7, 11) is 0. The Balaban J connectivity index is 1.61. The molecule has 4 nitrogen and oxygen atoms in total. The second-order valence-electron chi connectivity index (χ2n) is 5.16. The van der Waals surface area contributed by atoms with Crippen molar-refractivity contribution in [1.82, 2.24) is 10.3 Å². The van der Waals surface area contributed by atoms with Crippen LogP contribution in [0.1, 0.15) is 25.3 Å². The summed E-state index contributed by atoms with van der Waals surface area (Å²) in [5.74, 6) is 2.23. The first-order valence-corrected chi connectivity index (χ1v) is 7.42. The van der Waals surface area contributed by atoms with Crippen molar-refractivity contribution < 1.29 is 9.47 Å². The van der Waals surface area contributed by atoms with Gasteiger partial charge in [0.15, 0.2) is 0 Å². The molecule has 110 valence electrons. The molecule has 0 atom stereocenters. The van der Waals surface area contributed by atoms with Crippen LogP contribution in [-0.2, 0) is 6.54 Å². The van der Waals surface area contributed by atoms with E-state index in [1.807, 2.05) is 43.3 Å². The van der Waals surface area contributed by atoms with E-state index in [1.54, 1.807) is 6.20 Å². The number of benzene rings is 1. The molecule has 0 radical (unpaired) electrons. The van der Waals surface area contributed by atoms with E-state index >= 15 is 0 Å². The van der Waals surface area contributed by atoms with Gasteiger partial charge >= 0.3 is 0 Å². The summed E-state index contributed by atoms with van der Waals surface area (Å²) in [5.41, 5.74) is 1.19. The van der Waals surface area contributed by atoms with Crippen molar-refractivity contribution in [2.24, 2.45) is 0 Å². The van der Waals surface area contributed by atoms with E-state index in [-0.39, 0.29) is 0 Å². The second kappa shape index (κ2) is 6.59. The standard InChI is InChI=1S/C17H20N2O2/c1-2-20-15-5-7-16(8-6-15)21-17-11-13(9-10-18-17)12-19-14-3-4-14/h5-11,14,19H,2-4,12H2,1H3. The Labute approximate surface area is 125 Å². The predicted molar refractivity (Wildman–Crippen MR) is 81.8 cm³/mol. The maximum atomic E-state index is 5.78. The lowest BCUT2D eigenvalue weighted by Gasteiger charge is -2.08. The molecule has 2 aromatic rings. The highest BCUT2D eigenvalue weighted by atomic mass is 16.5. The molecule has 0 spiro atoms. The average Bonchev–Trinajstić information content (AvgIpc) is 3.32. The number of nitrogens with one attached hydrogen (secondary N) is 1. The Hall–Kier alpha value is -2.07. The van der Waals surface area contributed by atoms with E-state index in [9.17, 15) is 0 Å². The zero-order valence-corrected chi connectivity index (χ0v) is 12.2. The van der Waals surface area contributed by atoms with Crippen molar-refractivity contribution >= 4 is 0 Å². The van der Waals surface area contributed by atoms with Crippen molar-refractivity contribution in [2.45, 2.75) is 32.4 Å². The number of ether oxygens (including phenoxy) is 2. The molecule has 1 heterocycles. The van der Waals surface area contributed by atoms with Crippen LogP contribution in [0.3, 0.4) is 0 Å². The second-order valence-corrected chi connectivity index (χ2v) is 5.16. The van der Waals surface area contributed by atoms with Gasteiger partial charge < -0.3 is 14.8 Å². The predicted octanol–water partition coefficient (Wildman–Crippen LogP) is 3.52. The van der Waals surface area contributed by atoms with Crippen LogP contribution in [0.4, 0.5) is 0 Å². The van der Waals surface area contributed by atoms with Gasteiger partial charge in [0.1, 0.15) is 11.5 Å². The Morgan fingerprint density at radius 3 is 2.62 bits per heavy atom. The molecular weight excluding hydrogens is 264 g/mol. The van der Waals surface area contributed by atoms with Gasteiger partial charge in [0.2, 0.25) is 5.88 Å². The van der Waals surface area contributed by atoms with Crippen LogP contribution in [0.2, 0.25) is 0 Å². The molecule has 0 bridgehead atoms. The lowest BCUT2D eigenvalue weighted by Crippen LogP contribution is -2.15. The van der Waals surface area contributed by atoms with Crippen LogP contribution in [-0.4, -0.2) is 17.6 Å². The van der Waals surface area contributed by atoms with Crippen LogP contribution >= 0.6 is 0 Å². The van der Waals surface area contributed by atoms with Crippen LogP contribution in [0, 0.1) is 0 Å². The van der Waals surface area contributed by atoms with E-state index in [0.29, 0.717) is 18.5 Å². The van der Waals surface area contributed by atoms with Gasteiger partial charge in [-0.05, 0) is 55.7 Å². The summed E-state index contributed by atoms with van der Waals surface area (Å²) in [6.07, 6.45) is 4.37. The fourth-order valence-corrected chi connectivity index (χ4v) is 2.06. The van der Waals surface area contributed by atoms with E-state index in [2.05, 4.69) is 10.3 Å². The molecule has 1 aliphatic rings. The van der Waals surface area contributed by atoms with Gasteiger partial charge in [-0.1, -0.05) is 0 Å². The molecule has 21 heavy (non-hydrogen) atoms. The van der Waals surface area contributed by atoms with Gasteiger partial charge in [-0.25, -0.2) is 4.98 Å². The van der Waals surface area contributed by atoms with Gasteiger partial charge in [-0.15, -0.1) is 0 Å². The highest BCUT2D eigenvalue weighted by Crippen LogP contribution is 2.23. The highest BCUT2D eigenvalue weighted by Gasteiger charge is 2.19. The molecule has 1 aromatic carbocycles. The topological polar surface area (TPSA) is 43.4 Å². The Bertz CT molecular complexity index is 580. The largest absolute Gasteiger partial charge is 0.494 e. The fourth-order valence-electron chi connectivity index (χ4n) is 2.06. The fraction of sp³-hybridized carbons (Fsp3) is 0.353. The van der Waals surface area contributed by atoms with E-state index in [1.165, 1.54) is 18.4 Å². The van der Waals surface area contributed by atoms with Gasteiger partial charge in [0, 0.05) is 24.8 Å². The van der Waals surface area contributed by atoms with Crippen molar-refractivity contribution in [3.8, 4) is 17.4 Å². The first-order chi connectivity index (χ1) is 10.3. The molecule has 0 unspecified atom stereocenters. The lowest BCUT2D eigenvalue weighted by atomic mass is 10.2. The van der Waals surface area contributed by atoms with Crippen molar-refractivity contribution in [1.29, 1.82) is 0 Å². The normalized spacial score (nSPS) is 14.0. The zero-order chi connectivity index (χ0) is 14.5. The minimum atomic E-state index is 0.620.